The van der Waals surface area contributed by atoms with E-state index in [4.69, 9.17) is 4.74 Å². The average molecular weight is 344 g/mol. The Morgan fingerprint density at radius 3 is 3.21 bits per heavy atom. The van der Waals surface area contributed by atoms with Gasteiger partial charge in [-0.3, -0.25) is 9.48 Å². The summed E-state index contributed by atoms with van der Waals surface area (Å²) < 4.78 is 8.30. The predicted molar refractivity (Wildman–Crippen MR) is 88.9 cm³/mol. The van der Waals surface area contributed by atoms with Crippen molar-refractivity contribution in [1.82, 2.24) is 25.1 Å². The van der Waals surface area contributed by atoms with Crippen LogP contribution in [-0.4, -0.2) is 44.1 Å². The Balaban J connectivity index is 1.51. The van der Waals surface area contributed by atoms with Gasteiger partial charge in [-0.25, -0.2) is 10.4 Å². The van der Waals surface area contributed by atoms with Crippen LogP contribution in [0.15, 0.2) is 29.1 Å². The van der Waals surface area contributed by atoms with E-state index in [0.717, 1.165) is 17.4 Å². The van der Waals surface area contributed by atoms with Gasteiger partial charge in [0.2, 0.25) is 17.7 Å². The van der Waals surface area contributed by atoms with Gasteiger partial charge in [0.25, 0.3) is 0 Å². The summed E-state index contributed by atoms with van der Waals surface area (Å²) in [6.07, 6.45) is 5.20. The Labute approximate surface area is 141 Å². The number of nitrogens with zero attached hydrogens (tertiary/aromatic N) is 5. The molecule has 0 radical (unpaired) electrons. The van der Waals surface area contributed by atoms with Crippen LogP contribution in [0.1, 0.15) is 12.8 Å². The number of carbonyl (C=O) groups is 1. The van der Waals surface area contributed by atoms with Crippen molar-refractivity contribution in [3.8, 4) is 0 Å². The zero-order valence-electron chi connectivity index (χ0n) is 12.9. The molecule has 1 fully saturated rings. The number of hydrazone groups is 1. The minimum Gasteiger partial charge on any atom is -0.420 e. The molecule has 1 unspecified atom stereocenters. The molecule has 9 heteroatoms. The van der Waals surface area contributed by atoms with Crippen LogP contribution in [0.2, 0.25) is 0 Å². The minimum absolute atomic E-state index is 0.0107. The number of ether oxygens (including phenoxy) is 1. The van der Waals surface area contributed by atoms with E-state index in [1.807, 2.05) is 4.90 Å². The largest absolute Gasteiger partial charge is 0.420 e. The lowest BCUT2D eigenvalue weighted by Gasteiger charge is -2.23. The summed E-state index contributed by atoms with van der Waals surface area (Å²) in [7, 11) is 0. The van der Waals surface area contributed by atoms with Gasteiger partial charge in [-0.15, -0.1) is 16.4 Å². The van der Waals surface area contributed by atoms with Crippen molar-refractivity contribution in [1.29, 1.82) is 0 Å². The van der Waals surface area contributed by atoms with Crippen molar-refractivity contribution in [2.75, 3.05) is 6.54 Å². The summed E-state index contributed by atoms with van der Waals surface area (Å²) >= 11 is 1.44. The van der Waals surface area contributed by atoms with Gasteiger partial charge >= 0.3 is 0 Å². The summed E-state index contributed by atoms with van der Waals surface area (Å²) in [6, 6.07) is 1.65. The Kier molecular flexibility index (Phi) is 3.77. The van der Waals surface area contributed by atoms with Crippen molar-refractivity contribution < 1.29 is 9.53 Å². The van der Waals surface area contributed by atoms with E-state index < -0.39 is 0 Å². The van der Waals surface area contributed by atoms with Crippen LogP contribution in [-0.2, 0) is 16.1 Å². The topological polar surface area (TPSA) is 84.6 Å². The van der Waals surface area contributed by atoms with Crippen LogP contribution in [0.5, 0.6) is 0 Å². The Morgan fingerprint density at radius 1 is 1.54 bits per heavy atom. The molecule has 124 valence electrons. The molecule has 0 aromatic carbocycles. The molecule has 1 saturated heterocycles. The molecule has 4 heterocycles. The van der Waals surface area contributed by atoms with Crippen LogP contribution in [0, 0.1) is 0 Å². The van der Waals surface area contributed by atoms with Gasteiger partial charge in [0.05, 0.1) is 10.9 Å². The second-order valence-corrected chi connectivity index (χ2v) is 6.42. The number of nitrogens with one attached hydrogen (secondary N) is 1. The third-order valence-electron chi connectivity index (χ3n) is 4.04. The highest BCUT2D eigenvalue weighted by molar-refractivity contribution is 7.07. The maximum atomic E-state index is 12.6. The molecule has 2 aromatic heterocycles. The lowest BCUT2D eigenvalue weighted by atomic mass is 10.2. The van der Waals surface area contributed by atoms with E-state index in [1.165, 1.54) is 11.3 Å². The summed E-state index contributed by atoms with van der Waals surface area (Å²) in [5.41, 5.74) is 4.60. The third kappa shape index (κ3) is 2.67. The van der Waals surface area contributed by atoms with Crippen molar-refractivity contribution in [3.05, 3.63) is 33.9 Å². The Morgan fingerprint density at radius 2 is 2.46 bits per heavy atom. The van der Waals surface area contributed by atoms with E-state index in [9.17, 15) is 4.79 Å². The molecule has 0 spiro atoms. The first-order valence-electron chi connectivity index (χ1n) is 7.63. The van der Waals surface area contributed by atoms with Crippen molar-refractivity contribution in [3.63, 3.8) is 0 Å². The van der Waals surface area contributed by atoms with Gasteiger partial charge in [0, 0.05) is 18.9 Å². The van der Waals surface area contributed by atoms with Gasteiger partial charge in [-0.2, -0.15) is 5.10 Å². The second-order valence-electron chi connectivity index (χ2n) is 5.57. The average Bonchev–Trinajstić information content (AvgIpc) is 3.34. The first-order chi connectivity index (χ1) is 11.7. The molecule has 0 bridgehead atoms. The monoisotopic (exact) mass is 344 g/mol. The highest BCUT2D eigenvalue weighted by atomic mass is 32.1. The fourth-order valence-electron chi connectivity index (χ4n) is 2.89. The molecular weight excluding hydrogens is 328 g/mol. The molecule has 2 aliphatic heterocycles. The number of carbonyl (C=O) groups excluding carboxylic acids is 1. The van der Waals surface area contributed by atoms with Crippen LogP contribution in [0.4, 0.5) is 0 Å². The number of amides is 1. The zero-order valence-corrected chi connectivity index (χ0v) is 13.7. The molecule has 24 heavy (non-hydrogen) atoms. The van der Waals surface area contributed by atoms with E-state index in [-0.39, 0.29) is 18.5 Å². The van der Waals surface area contributed by atoms with Crippen LogP contribution in [0.3, 0.4) is 0 Å². The summed E-state index contributed by atoms with van der Waals surface area (Å²) in [6.45, 7) is 4.78. The van der Waals surface area contributed by atoms with Gasteiger partial charge in [0.1, 0.15) is 17.1 Å². The number of aromatic nitrogens is 3. The highest BCUT2D eigenvalue weighted by Crippen LogP contribution is 2.22. The molecule has 0 aliphatic carbocycles. The normalized spacial score (nSPS) is 22.2. The van der Waals surface area contributed by atoms with Crippen LogP contribution < -0.4 is 15.3 Å². The summed E-state index contributed by atoms with van der Waals surface area (Å²) in [5, 5.41) is 9.00. The maximum absolute atomic E-state index is 12.6. The standard InChI is InChI=1S/C15H16N6O2S/c1-10-13(24-9-16-10)15-19-18-14(23-15)11-4-2-7-21(11)12(22)8-20-6-3-5-17-20/h3,5-6,9,11,19H,1-2,4,7-8H2. The van der Waals surface area contributed by atoms with Crippen LogP contribution >= 0.6 is 11.3 Å². The molecule has 1 N–H and O–H groups in total. The Hall–Kier alpha value is -2.68. The molecule has 2 aliphatic rings. The number of likely N-dealkylation sites (tertiary alicyclic amines) is 1. The first kappa shape index (κ1) is 14.9. The fraction of sp³-hybridized carbons (Fsp3) is 0.333. The number of hydrogen-bond donors (Lipinski definition) is 1. The first-order valence-corrected chi connectivity index (χ1v) is 8.51. The molecule has 1 atom stereocenters. The molecule has 4 rings (SSSR count). The Bertz CT molecular complexity index is 887. The number of hydrogen-bond acceptors (Lipinski definition) is 7. The van der Waals surface area contributed by atoms with Crippen molar-refractivity contribution in [2.45, 2.75) is 25.4 Å². The van der Waals surface area contributed by atoms with Gasteiger partial charge in [-0.05, 0) is 18.9 Å². The van der Waals surface area contributed by atoms with Crippen molar-refractivity contribution in [2.24, 2.45) is 5.10 Å². The molecular formula is C15H16N6O2S. The maximum Gasteiger partial charge on any atom is 0.244 e. The fourth-order valence-corrected chi connectivity index (χ4v) is 3.56. The van der Waals surface area contributed by atoms with Gasteiger partial charge in [0.15, 0.2) is 0 Å². The zero-order chi connectivity index (χ0) is 16.5. The van der Waals surface area contributed by atoms with Crippen molar-refractivity contribution >= 4 is 35.6 Å². The van der Waals surface area contributed by atoms with Crippen LogP contribution in [0.25, 0.3) is 12.5 Å². The molecule has 2 aromatic rings. The lowest BCUT2D eigenvalue weighted by molar-refractivity contribution is -0.132. The lowest BCUT2D eigenvalue weighted by Crippen LogP contribution is -2.42. The molecule has 8 nitrogen and oxygen atoms in total. The quantitative estimate of drug-likeness (QED) is 0.807. The van der Waals surface area contributed by atoms with Gasteiger partial charge in [-0.1, -0.05) is 6.58 Å². The SMILES string of the molecule is C=c1ncsc1=C1NN=C(C2CCCN2C(=O)Cn2cccn2)O1. The van der Waals surface area contributed by atoms with Gasteiger partial charge < -0.3 is 9.64 Å². The summed E-state index contributed by atoms with van der Waals surface area (Å²) in [5.74, 6) is 1.06. The molecule has 0 saturated carbocycles. The van der Waals surface area contributed by atoms with E-state index >= 15 is 0 Å². The highest BCUT2D eigenvalue weighted by Gasteiger charge is 2.36. The van der Waals surface area contributed by atoms with E-state index in [1.54, 1.807) is 28.7 Å². The second kappa shape index (κ2) is 6.08. The predicted octanol–water partition coefficient (Wildman–Crippen LogP) is -0.560. The van der Waals surface area contributed by atoms with E-state index in [0.29, 0.717) is 23.7 Å². The number of thiazole rings is 1. The molecule has 1 amide bonds. The minimum atomic E-state index is -0.153. The smallest absolute Gasteiger partial charge is 0.244 e. The summed E-state index contributed by atoms with van der Waals surface area (Å²) in [4.78, 5) is 18.5. The number of rotatable bonds is 3. The van der Waals surface area contributed by atoms with E-state index in [2.05, 4.69) is 27.2 Å². The third-order valence-corrected chi connectivity index (χ3v) is 4.90.